The van der Waals surface area contributed by atoms with Crippen molar-refractivity contribution in [3.8, 4) is 0 Å². The molecule has 0 radical (unpaired) electrons. The Kier molecular flexibility index (Phi) is 8.36. The zero-order chi connectivity index (χ0) is 27.6. The van der Waals surface area contributed by atoms with E-state index >= 15 is 0 Å². The standard InChI is InChI=1S/C27H38N4O8/c1-18-17-28-20(33)5-3-2-4-8-30(10-9-29-12-15-37-16-13-29)25(35)23-27-7-6-19(39-27)21(26(36)38-18)22(27)24(34)31(23)11-14-32/h2,4,6-7,18-19,21-23,32H,3,5,8-17H2,1H3,(H,28,33)/b4-2-/t18-,19+,21-,22-,23+,27-/m0/s1. The highest BCUT2D eigenvalue weighted by atomic mass is 16.6. The predicted octanol–water partition coefficient (Wildman–Crippen LogP) is -1.31. The van der Waals surface area contributed by atoms with Crippen molar-refractivity contribution in [2.45, 2.75) is 43.6 Å². The summed E-state index contributed by atoms with van der Waals surface area (Å²) in [5.74, 6) is -3.31. The molecular formula is C27H38N4O8. The molecule has 39 heavy (non-hydrogen) atoms. The van der Waals surface area contributed by atoms with Gasteiger partial charge in [-0.15, -0.1) is 0 Å². The second-order valence-electron chi connectivity index (χ2n) is 10.8. The number of aliphatic hydroxyl groups is 1. The Bertz CT molecular complexity index is 1030. The van der Waals surface area contributed by atoms with Gasteiger partial charge in [-0.1, -0.05) is 24.3 Å². The largest absolute Gasteiger partial charge is 0.460 e. The summed E-state index contributed by atoms with van der Waals surface area (Å²) < 4.78 is 17.4. The number of hydrogen-bond acceptors (Lipinski definition) is 9. The molecule has 0 aromatic heterocycles. The van der Waals surface area contributed by atoms with Crippen molar-refractivity contribution >= 4 is 23.7 Å². The van der Waals surface area contributed by atoms with Gasteiger partial charge >= 0.3 is 5.97 Å². The number of likely N-dealkylation sites (tertiary alicyclic amines) is 1. The van der Waals surface area contributed by atoms with Crippen LogP contribution in [0.4, 0.5) is 0 Å². The summed E-state index contributed by atoms with van der Waals surface area (Å²) in [6.07, 6.45) is 6.68. The number of rotatable bonds is 5. The number of fused-ring (bicyclic) bond motifs is 2. The first-order valence-corrected chi connectivity index (χ1v) is 13.9. The highest BCUT2D eigenvalue weighted by Crippen LogP contribution is 2.55. The Morgan fingerprint density at radius 1 is 1.08 bits per heavy atom. The molecule has 3 amide bonds. The molecule has 5 aliphatic heterocycles. The van der Waals surface area contributed by atoms with E-state index in [1.165, 1.54) is 4.90 Å². The van der Waals surface area contributed by atoms with Crippen LogP contribution in [0.3, 0.4) is 0 Å². The van der Waals surface area contributed by atoms with Crippen LogP contribution in [0.25, 0.3) is 0 Å². The van der Waals surface area contributed by atoms with Crippen LogP contribution in [-0.2, 0) is 33.4 Å². The molecule has 5 aliphatic rings. The van der Waals surface area contributed by atoms with Crippen LogP contribution in [0.1, 0.15) is 19.8 Å². The number of allylic oxidation sites excluding steroid dienone is 1. The van der Waals surface area contributed by atoms with Crippen LogP contribution in [0.15, 0.2) is 24.3 Å². The van der Waals surface area contributed by atoms with Gasteiger partial charge in [-0.3, -0.25) is 24.1 Å². The summed E-state index contributed by atoms with van der Waals surface area (Å²) in [5, 5.41) is 12.6. The Balaban J connectivity index is 1.47. The fraction of sp³-hybridized carbons (Fsp3) is 0.704. The van der Waals surface area contributed by atoms with Gasteiger partial charge < -0.3 is 34.4 Å². The van der Waals surface area contributed by atoms with Crippen molar-refractivity contribution in [3.63, 3.8) is 0 Å². The van der Waals surface area contributed by atoms with E-state index in [4.69, 9.17) is 14.2 Å². The van der Waals surface area contributed by atoms with Crippen molar-refractivity contribution in [1.82, 2.24) is 20.0 Å². The zero-order valence-electron chi connectivity index (χ0n) is 22.3. The number of carbonyl (C=O) groups is 4. The van der Waals surface area contributed by atoms with Gasteiger partial charge in [-0.2, -0.15) is 0 Å². The maximum Gasteiger partial charge on any atom is 0.313 e. The number of nitrogens with zero attached hydrogens (tertiary/aromatic N) is 3. The molecule has 0 aromatic rings. The van der Waals surface area contributed by atoms with Crippen molar-refractivity contribution in [2.24, 2.45) is 11.8 Å². The number of β-amino-alcohol motifs (C(OH)–C–C–N with tert-alkyl or cyclic N) is 1. The summed E-state index contributed by atoms with van der Waals surface area (Å²) in [6, 6.07) is -1.02. The molecule has 214 valence electrons. The number of cyclic esters (lactones) is 1. The van der Waals surface area contributed by atoms with E-state index in [9.17, 15) is 24.3 Å². The number of hydrogen-bond donors (Lipinski definition) is 2. The van der Waals surface area contributed by atoms with Gasteiger partial charge in [0.1, 0.15) is 23.7 Å². The summed E-state index contributed by atoms with van der Waals surface area (Å²) in [7, 11) is 0. The lowest BCUT2D eigenvalue weighted by Crippen LogP contribution is -2.57. The van der Waals surface area contributed by atoms with Crippen LogP contribution < -0.4 is 5.32 Å². The molecule has 2 N–H and O–H groups in total. The molecule has 6 atom stereocenters. The molecule has 1 spiro atoms. The maximum absolute atomic E-state index is 14.3. The Morgan fingerprint density at radius 2 is 1.87 bits per heavy atom. The van der Waals surface area contributed by atoms with Crippen molar-refractivity contribution in [1.29, 1.82) is 0 Å². The van der Waals surface area contributed by atoms with Crippen molar-refractivity contribution in [2.75, 3.05) is 65.6 Å². The van der Waals surface area contributed by atoms with Gasteiger partial charge in [-0.25, -0.2) is 0 Å². The zero-order valence-corrected chi connectivity index (χ0v) is 22.3. The first-order chi connectivity index (χ1) is 18.9. The monoisotopic (exact) mass is 546 g/mol. The Hall–Kier alpha value is -2.80. The fourth-order valence-electron chi connectivity index (χ4n) is 6.31. The summed E-state index contributed by atoms with van der Waals surface area (Å²) in [6.45, 7) is 5.61. The molecular weight excluding hydrogens is 508 g/mol. The predicted molar refractivity (Wildman–Crippen MR) is 137 cm³/mol. The van der Waals surface area contributed by atoms with Gasteiger partial charge in [0, 0.05) is 45.7 Å². The molecule has 5 bridgehead atoms. The minimum absolute atomic E-state index is 0.0489. The SMILES string of the molecule is C[C@H]1CNC(=O)CC/C=C\CN(CCN2CCOCC2)C(=O)[C@H]2N(CCO)C(=O)[C@@H]3[C@@H](C(=O)O1)[C@H]1C=C[C@]32O1. The number of morpholine rings is 1. The highest BCUT2D eigenvalue weighted by molar-refractivity contribution is 5.99. The molecule has 5 heterocycles. The highest BCUT2D eigenvalue weighted by Gasteiger charge is 2.73. The first-order valence-electron chi connectivity index (χ1n) is 13.9. The summed E-state index contributed by atoms with van der Waals surface area (Å²) >= 11 is 0. The van der Waals surface area contributed by atoms with E-state index in [2.05, 4.69) is 10.2 Å². The fourth-order valence-corrected chi connectivity index (χ4v) is 6.31. The normalized spacial score (nSPS) is 36.7. The van der Waals surface area contributed by atoms with Crippen LogP contribution in [-0.4, -0.2) is 133 Å². The van der Waals surface area contributed by atoms with Gasteiger partial charge in [-0.05, 0) is 13.3 Å². The smallest absolute Gasteiger partial charge is 0.313 e. The van der Waals surface area contributed by atoms with Gasteiger partial charge in [0.15, 0.2) is 0 Å². The molecule has 12 nitrogen and oxygen atoms in total. The van der Waals surface area contributed by atoms with Gasteiger partial charge in [0.2, 0.25) is 17.7 Å². The van der Waals surface area contributed by atoms with Crippen molar-refractivity contribution in [3.05, 3.63) is 24.3 Å². The van der Waals surface area contributed by atoms with Crippen LogP contribution in [0.5, 0.6) is 0 Å². The molecule has 5 rings (SSSR count). The second kappa shape index (κ2) is 11.7. The van der Waals surface area contributed by atoms with Crippen LogP contribution in [0, 0.1) is 11.8 Å². The minimum atomic E-state index is -1.32. The number of carbonyl (C=O) groups excluding carboxylic acids is 4. The lowest BCUT2D eigenvalue weighted by molar-refractivity contribution is -0.158. The van der Waals surface area contributed by atoms with Crippen LogP contribution >= 0.6 is 0 Å². The number of amides is 3. The summed E-state index contributed by atoms with van der Waals surface area (Å²) in [4.78, 5) is 58.9. The maximum atomic E-state index is 14.3. The molecule has 12 heteroatoms. The van der Waals surface area contributed by atoms with Gasteiger partial charge in [0.05, 0.1) is 38.4 Å². The molecule has 3 fully saturated rings. The van der Waals surface area contributed by atoms with E-state index in [0.717, 1.165) is 13.1 Å². The average Bonchev–Trinajstić information content (AvgIpc) is 3.56. The van der Waals surface area contributed by atoms with E-state index < -0.39 is 47.6 Å². The van der Waals surface area contributed by atoms with Crippen molar-refractivity contribution < 1.29 is 38.5 Å². The van der Waals surface area contributed by atoms with E-state index in [1.54, 1.807) is 24.0 Å². The average molecular weight is 547 g/mol. The minimum Gasteiger partial charge on any atom is -0.460 e. The van der Waals surface area contributed by atoms with E-state index in [-0.39, 0.29) is 37.9 Å². The molecule has 0 unspecified atom stereocenters. The lowest BCUT2D eigenvalue weighted by atomic mass is 9.74. The third-order valence-electron chi connectivity index (χ3n) is 8.26. The Labute approximate surface area is 227 Å². The molecule has 3 saturated heterocycles. The molecule has 0 saturated carbocycles. The van der Waals surface area contributed by atoms with Crippen LogP contribution in [0.2, 0.25) is 0 Å². The number of esters is 1. The molecule has 0 aromatic carbocycles. The summed E-state index contributed by atoms with van der Waals surface area (Å²) in [5.41, 5.74) is -1.32. The van der Waals surface area contributed by atoms with E-state index in [1.807, 2.05) is 12.2 Å². The topological polar surface area (TPSA) is 138 Å². The quantitative estimate of drug-likeness (QED) is 0.318. The lowest BCUT2D eigenvalue weighted by Gasteiger charge is -2.36. The second-order valence-corrected chi connectivity index (χ2v) is 10.8. The number of ether oxygens (including phenoxy) is 3. The number of aliphatic hydroxyl groups excluding tert-OH is 1. The molecule has 0 aliphatic carbocycles. The van der Waals surface area contributed by atoms with Gasteiger partial charge in [0.25, 0.3) is 0 Å². The Morgan fingerprint density at radius 3 is 2.64 bits per heavy atom. The first kappa shape index (κ1) is 27.8. The third kappa shape index (κ3) is 5.34. The third-order valence-corrected chi connectivity index (χ3v) is 8.26. The van der Waals surface area contributed by atoms with E-state index in [0.29, 0.717) is 39.3 Å². The number of nitrogens with one attached hydrogen (secondary N) is 1.